The predicted molar refractivity (Wildman–Crippen MR) is 90.9 cm³/mol. The Bertz CT molecular complexity index is 678. The summed E-state index contributed by atoms with van der Waals surface area (Å²) in [6.45, 7) is 2.39. The van der Waals surface area contributed by atoms with Crippen LogP contribution < -0.4 is 10.1 Å². The van der Waals surface area contributed by atoms with Crippen molar-refractivity contribution in [2.75, 3.05) is 37.0 Å². The smallest absolute Gasteiger partial charge is 0.242 e. The number of amides is 1. The number of likely N-dealkylation sites (N-methyl/N-ethyl adjacent to an activating group) is 1. The van der Waals surface area contributed by atoms with Crippen LogP contribution in [0.4, 0.5) is 5.69 Å². The topological polar surface area (TPSA) is 75.7 Å². The number of ether oxygens (including phenoxy) is 1. The zero-order valence-electron chi connectivity index (χ0n) is 13.2. The van der Waals surface area contributed by atoms with Crippen LogP contribution in [0.5, 0.6) is 5.75 Å². The molecule has 1 aromatic carbocycles. The fourth-order valence-corrected chi connectivity index (χ4v) is 4.65. The first-order valence-corrected chi connectivity index (χ1v) is 9.63. The first-order chi connectivity index (χ1) is 10.9. The third-order valence-corrected chi connectivity index (χ3v) is 5.89. The summed E-state index contributed by atoms with van der Waals surface area (Å²) in [5.41, 5.74) is 0.628. The predicted octanol–water partition coefficient (Wildman–Crippen LogP) is 1.80. The summed E-state index contributed by atoms with van der Waals surface area (Å²) in [6.07, 6.45) is 0.502. The molecular weight excluding hydrogens is 340 g/mol. The van der Waals surface area contributed by atoms with Crippen LogP contribution in [0.25, 0.3) is 0 Å². The summed E-state index contributed by atoms with van der Waals surface area (Å²) in [7, 11) is -1.48. The zero-order chi connectivity index (χ0) is 17.0. The quantitative estimate of drug-likeness (QED) is 0.837. The maximum atomic E-state index is 12.4. The van der Waals surface area contributed by atoms with Gasteiger partial charge in [0.05, 0.1) is 30.8 Å². The standard InChI is InChI=1S/C15H21ClN2O4S/c1-3-18(12-6-7-23(20,21)10-12)15(19)9-17-13-8-11(16)4-5-14(13)22-2/h4-5,8,12,17H,3,6-7,9-10H2,1-2H3. The van der Waals surface area contributed by atoms with Crippen LogP contribution in [0.3, 0.4) is 0 Å². The maximum absolute atomic E-state index is 12.4. The molecule has 0 radical (unpaired) electrons. The largest absolute Gasteiger partial charge is 0.495 e. The molecule has 0 saturated carbocycles. The number of halogens is 1. The molecule has 0 spiro atoms. The fraction of sp³-hybridized carbons (Fsp3) is 0.533. The molecule has 0 aliphatic carbocycles. The summed E-state index contributed by atoms with van der Waals surface area (Å²) in [5, 5.41) is 3.55. The molecule has 1 aliphatic heterocycles. The van der Waals surface area contributed by atoms with Crippen molar-refractivity contribution in [1.82, 2.24) is 4.90 Å². The lowest BCUT2D eigenvalue weighted by Gasteiger charge is -2.27. The number of carbonyl (C=O) groups excluding carboxylic acids is 1. The molecule has 0 aromatic heterocycles. The van der Waals surface area contributed by atoms with Crippen molar-refractivity contribution >= 4 is 33.0 Å². The van der Waals surface area contributed by atoms with E-state index in [4.69, 9.17) is 16.3 Å². The minimum atomic E-state index is -3.02. The van der Waals surface area contributed by atoms with E-state index in [-0.39, 0.29) is 30.0 Å². The molecule has 1 N–H and O–H groups in total. The Morgan fingerprint density at radius 2 is 2.22 bits per heavy atom. The molecular formula is C15H21ClN2O4S. The van der Waals surface area contributed by atoms with E-state index >= 15 is 0 Å². The average molecular weight is 361 g/mol. The van der Waals surface area contributed by atoms with Crippen LogP contribution in [0.15, 0.2) is 18.2 Å². The normalized spacial score (nSPS) is 19.3. The van der Waals surface area contributed by atoms with Crippen molar-refractivity contribution in [3.8, 4) is 5.75 Å². The van der Waals surface area contributed by atoms with Gasteiger partial charge in [-0.1, -0.05) is 11.6 Å². The highest BCUT2D eigenvalue weighted by atomic mass is 35.5. The number of sulfone groups is 1. The molecule has 1 heterocycles. The number of hydrogen-bond donors (Lipinski definition) is 1. The molecule has 23 heavy (non-hydrogen) atoms. The monoisotopic (exact) mass is 360 g/mol. The van der Waals surface area contributed by atoms with Gasteiger partial charge in [-0.25, -0.2) is 8.42 Å². The van der Waals surface area contributed by atoms with E-state index < -0.39 is 9.84 Å². The van der Waals surface area contributed by atoms with E-state index in [9.17, 15) is 13.2 Å². The molecule has 1 aliphatic rings. The van der Waals surface area contributed by atoms with Gasteiger partial charge in [-0.05, 0) is 31.5 Å². The number of hydrogen-bond acceptors (Lipinski definition) is 5. The Labute approximate surface area is 141 Å². The summed E-state index contributed by atoms with van der Waals surface area (Å²) in [4.78, 5) is 14.0. The van der Waals surface area contributed by atoms with E-state index in [2.05, 4.69) is 5.32 Å². The van der Waals surface area contributed by atoms with Crippen LogP contribution >= 0.6 is 11.6 Å². The minimum Gasteiger partial charge on any atom is -0.495 e. The first kappa shape index (κ1) is 17.9. The lowest BCUT2D eigenvalue weighted by Crippen LogP contribution is -2.43. The molecule has 128 valence electrons. The highest BCUT2D eigenvalue weighted by Crippen LogP contribution is 2.27. The van der Waals surface area contributed by atoms with Gasteiger partial charge in [-0.15, -0.1) is 0 Å². The minimum absolute atomic E-state index is 0.0487. The Morgan fingerprint density at radius 1 is 1.48 bits per heavy atom. The zero-order valence-corrected chi connectivity index (χ0v) is 14.8. The Morgan fingerprint density at radius 3 is 2.78 bits per heavy atom. The van der Waals surface area contributed by atoms with Crippen LogP contribution in [-0.4, -0.2) is 57.0 Å². The lowest BCUT2D eigenvalue weighted by atomic mass is 10.2. The highest BCUT2D eigenvalue weighted by molar-refractivity contribution is 7.91. The van der Waals surface area contributed by atoms with Gasteiger partial charge in [0.15, 0.2) is 9.84 Å². The van der Waals surface area contributed by atoms with Crippen molar-refractivity contribution in [2.45, 2.75) is 19.4 Å². The number of nitrogens with one attached hydrogen (secondary N) is 1. The van der Waals surface area contributed by atoms with Crippen LogP contribution in [-0.2, 0) is 14.6 Å². The molecule has 1 unspecified atom stereocenters. The van der Waals surface area contributed by atoms with Crippen molar-refractivity contribution in [3.63, 3.8) is 0 Å². The average Bonchev–Trinajstić information content (AvgIpc) is 2.86. The molecule has 1 fully saturated rings. The molecule has 8 heteroatoms. The number of anilines is 1. The van der Waals surface area contributed by atoms with Gasteiger partial charge in [0, 0.05) is 17.6 Å². The van der Waals surface area contributed by atoms with Crippen LogP contribution in [0.2, 0.25) is 5.02 Å². The molecule has 1 atom stereocenters. The van der Waals surface area contributed by atoms with Crippen molar-refractivity contribution in [2.24, 2.45) is 0 Å². The number of methoxy groups -OCH3 is 1. The number of benzene rings is 1. The third-order valence-electron chi connectivity index (χ3n) is 3.90. The fourth-order valence-electron chi connectivity index (χ4n) is 2.75. The summed E-state index contributed by atoms with van der Waals surface area (Å²) < 4.78 is 28.4. The van der Waals surface area contributed by atoms with E-state index in [0.717, 1.165) is 0 Å². The van der Waals surface area contributed by atoms with Crippen molar-refractivity contribution in [3.05, 3.63) is 23.2 Å². The number of carbonyl (C=O) groups is 1. The molecule has 1 aromatic rings. The second-order valence-corrected chi connectivity index (χ2v) is 8.10. The third kappa shape index (κ3) is 4.51. The van der Waals surface area contributed by atoms with Crippen LogP contribution in [0, 0.1) is 0 Å². The van der Waals surface area contributed by atoms with Crippen molar-refractivity contribution in [1.29, 1.82) is 0 Å². The molecule has 2 rings (SSSR count). The summed E-state index contributed by atoms with van der Waals surface area (Å²) >= 11 is 5.96. The van der Waals surface area contributed by atoms with E-state index in [1.54, 1.807) is 23.1 Å². The number of rotatable bonds is 6. The van der Waals surface area contributed by atoms with Gasteiger partial charge in [-0.3, -0.25) is 4.79 Å². The van der Waals surface area contributed by atoms with E-state index in [0.29, 0.717) is 29.4 Å². The van der Waals surface area contributed by atoms with Crippen molar-refractivity contribution < 1.29 is 17.9 Å². The van der Waals surface area contributed by atoms with Gasteiger partial charge in [-0.2, -0.15) is 0 Å². The SMILES string of the molecule is CCN(C(=O)CNc1cc(Cl)ccc1OC)C1CCS(=O)(=O)C1. The van der Waals surface area contributed by atoms with E-state index in [1.807, 2.05) is 6.92 Å². The number of nitrogens with zero attached hydrogens (tertiary/aromatic N) is 1. The highest BCUT2D eigenvalue weighted by Gasteiger charge is 2.33. The molecule has 1 amide bonds. The van der Waals surface area contributed by atoms with Gasteiger partial charge in [0.25, 0.3) is 0 Å². The molecule has 0 bridgehead atoms. The summed E-state index contributed by atoms with van der Waals surface area (Å²) in [5.74, 6) is 0.648. The second kappa shape index (κ2) is 7.40. The Kier molecular flexibility index (Phi) is 5.75. The van der Waals surface area contributed by atoms with Gasteiger partial charge in [0.2, 0.25) is 5.91 Å². The maximum Gasteiger partial charge on any atom is 0.242 e. The first-order valence-electron chi connectivity index (χ1n) is 7.43. The van der Waals surface area contributed by atoms with Gasteiger partial charge in [0.1, 0.15) is 5.75 Å². The Hall–Kier alpha value is -1.47. The Balaban J connectivity index is 2.02. The van der Waals surface area contributed by atoms with Crippen LogP contribution in [0.1, 0.15) is 13.3 Å². The van der Waals surface area contributed by atoms with E-state index in [1.165, 1.54) is 7.11 Å². The molecule has 1 saturated heterocycles. The van der Waals surface area contributed by atoms with Gasteiger partial charge >= 0.3 is 0 Å². The molecule has 6 nitrogen and oxygen atoms in total. The van der Waals surface area contributed by atoms with Gasteiger partial charge < -0.3 is 15.0 Å². The lowest BCUT2D eigenvalue weighted by molar-refractivity contribution is -0.130. The summed E-state index contributed by atoms with van der Waals surface area (Å²) in [6, 6.07) is 4.87. The second-order valence-electron chi connectivity index (χ2n) is 5.43.